The van der Waals surface area contributed by atoms with Crippen molar-refractivity contribution in [2.45, 2.75) is 52.1 Å². The maximum Gasteiger partial charge on any atom is 0.0656 e. The zero-order chi connectivity index (χ0) is 13.6. The van der Waals surface area contributed by atoms with Crippen molar-refractivity contribution in [2.75, 3.05) is 5.75 Å². The van der Waals surface area contributed by atoms with E-state index >= 15 is 0 Å². The summed E-state index contributed by atoms with van der Waals surface area (Å²) in [6.45, 7) is 6.31. The first-order valence-corrected chi connectivity index (χ1v) is 7.44. The number of thiol groups is 1. The lowest BCUT2D eigenvalue weighted by atomic mass is 9.76. The van der Waals surface area contributed by atoms with Gasteiger partial charge in [0.2, 0.25) is 0 Å². The third-order valence-electron chi connectivity index (χ3n) is 3.42. The summed E-state index contributed by atoms with van der Waals surface area (Å²) >= 11 is 4.26. The smallest absolute Gasteiger partial charge is 0.0656 e. The van der Waals surface area contributed by atoms with Gasteiger partial charge in [-0.05, 0) is 29.6 Å². The molecule has 2 unspecified atom stereocenters. The molecular formula is C16H26OS. The molecule has 0 aliphatic carbocycles. The Morgan fingerprint density at radius 3 is 2.22 bits per heavy atom. The van der Waals surface area contributed by atoms with Gasteiger partial charge in [0.15, 0.2) is 0 Å². The van der Waals surface area contributed by atoms with E-state index in [2.05, 4.69) is 57.7 Å². The summed E-state index contributed by atoms with van der Waals surface area (Å²) in [5.41, 5.74) is 1.17. The van der Waals surface area contributed by atoms with Gasteiger partial charge in [-0.15, -0.1) is 0 Å². The maximum absolute atomic E-state index is 10.6. The molecule has 1 nitrogen and oxygen atoms in total. The van der Waals surface area contributed by atoms with Crippen LogP contribution in [0.4, 0.5) is 0 Å². The Kier molecular flexibility index (Phi) is 6.24. The third-order valence-corrected chi connectivity index (χ3v) is 3.74. The molecule has 0 saturated carbocycles. The van der Waals surface area contributed by atoms with Crippen LogP contribution in [0.5, 0.6) is 0 Å². The van der Waals surface area contributed by atoms with E-state index < -0.39 is 0 Å². The van der Waals surface area contributed by atoms with Crippen LogP contribution in [0.25, 0.3) is 0 Å². The second-order valence-corrected chi connectivity index (χ2v) is 6.49. The topological polar surface area (TPSA) is 20.2 Å². The highest BCUT2D eigenvalue weighted by molar-refractivity contribution is 7.80. The summed E-state index contributed by atoms with van der Waals surface area (Å²) in [5.74, 6) is 1.15. The molecule has 0 bridgehead atoms. The summed E-state index contributed by atoms with van der Waals surface area (Å²) in [6, 6.07) is 10.4. The van der Waals surface area contributed by atoms with Gasteiger partial charge in [-0.2, -0.15) is 12.6 Å². The van der Waals surface area contributed by atoms with Crippen LogP contribution in [-0.2, 0) is 0 Å². The molecule has 2 atom stereocenters. The molecule has 0 spiro atoms. The third kappa shape index (κ3) is 4.66. The van der Waals surface area contributed by atoms with Crippen molar-refractivity contribution < 1.29 is 5.11 Å². The summed E-state index contributed by atoms with van der Waals surface area (Å²) in [5, 5.41) is 10.6. The van der Waals surface area contributed by atoms with E-state index in [0.717, 1.165) is 25.0 Å². The number of aliphatic hydroxyl groups excluding tert-OH is 1. The van der Waals surface area contributed by atoms with Gasteiger partial charge in [-0.25, -0.2) is 0 Å². The van der Waals surface area contributed by atoms with E-state index in [0.29, 0.717) is 0 Å². The molecular weight excluding hydrogens is 240 g/mol. The van der Waals surface area contributed by atoms with Gasteiger partial charge in [0.05, 0.1) is 6.10 Å². The Morgan fingerprint density at radius 1 is 1.11 bits per heavy atom. The average Bonchev–Trinajstić information content (AvgIpc) is 2.34. The van der Waals surface area contributed by atoms with Crippen LogP contribution in [0, 0.1) is 5.41 Å². The molecule has 102 valence electrons. The lowest BCUT2D eigenvalue weighted by Gasteiger charge is -2.33. The first-order chi connectivity index (χ1) is 8.46. The first-order valence-electron chi connectivity index (χ1n) is 6.80. The van der Waals surface area contributed by atoms with Crippen LogP contribution < -0.4 is 0 Å². The lowest BCUT2D eigenvalue weighted by molar-refractivity contribution is 0.0353. The number of rotatable bonds is 6. The highest BCUT2D eigenvalue weighted by atomic mass is 32.1. The van der Waals surface area contributed by atoms with Gasteiger partial charge >= 0.3 is 0 Å². The molecule has 1 rings (SSSR count). The van der Waals surface area contributed by atoms with Gasteiger partial charge in [0.25, 0.3) is 0 Å². The normalized spacial score (nSPS) is 15.4. The molecule has 0 radical (unpaired) electrons. The molecule has 1 N–H and O–H groups in total. The second kappa shape index (κ2) is 7.20. The Morgan fingerprint density at radius 2 is 1.72 bits per heavy atom. The fourth-order valence-electron chi connectivity index (χ4n) is 2.29. The van der Waals surface area contributed by atoms with Crippen molar-refractivity contribution in [1.29, 1.82) is 0 Å². The number of unbranched alkanes of at least 4 members (excludes halogenated alkanes) is 1. The minimum absolute atomic E-state index is 0.0819. The largest absolute Gasteiger partial charge is 0.392 e. The standard InChI is InChI=1S/C16H26OS/c1-16(2,3)15(17)14(11-7-8-12-18)13-9-5-4-6-10-13/h4-6,9-10,14-15,17-18H,7-8,11-12H2,1-3H3. The summed E-state index contributed by atoms with van der Waals surface area (Å²) < 4.78 is 0. The fraction of sp³-hybridized carbons (Fsp3) is 0.625. The van der Waals surface area contributed by atoms with Gasteiger partial charge in [-0.3, -0.25) is 0 Å². The van der Waals surface area contributed by atoms with Crippen molar-refractivity contribution in [3.63, 3.8) is 0 Å². The van der Waals surface area contributed by atoms with Crippen molar-refractivity contribution in [3.05, 3.63) is 35.9 Å². The molecule has 0 aliphatic rings. The van der Waals surface area contributed by atoms with Gasteiger partial charge < -0.3 is 5.11 Å². The maximum atomic E-state index is 10.6. The zero-order valence-corrected chi connectivity index (χ0v) is 12.7. The van der Waals surface area contributed by atoms with E-state index in [-0.39, 0.29) is 17.4 Å². The lowest BCUT2D eigenvalue weighted by Crippen LogP contribution is -2.32. The molecule has 0 amide bonds. The minimum atomic E-state index is -0.306. The highest BCUT2D eigenvalue weighted by Crippen LogP contribution is 2.35. The highest BCUT2D eigenvalue weighted by Gasteiger charge is 2.30. The first kappa shape index (κ1) is 15.6. The number of hydrogen-bond acceptors (Lipinski definition) is 2. The molecule has 1 aromatic carbocycles. The van der Waals surface area contributed by atoms with Crippen LogP contribution in [0.3, 0.4) is 0 Å². The van der Waals surface area contributed by atoms with Crippen molar-refractivity contribution in [1.82, 2.24) is 0 Å². The molecule has 0 aromatic heterocycles. The fourth-order valence-corrected chi connectivity index (χ4v) is 2.51. The van der Waals surface area contributed by atoms with E-state index in [1.54, 1.807) is 0 Å². The molecule has 0 heterocycles. The summed E-state index contributed by atoms with van der Waals surface area (Å²) in [6.07, 6.45) is 2.96. The Hall–Kier alpha value is -0.470. The van der Waals surface area contributed by atoms with Gasteiger partial charge in [0.1, 0.15) is 0 Å². The summed E-state index contributed by atoms with van der Waals surface area (Å²) in [4.78, 5) is 0. The quantitative estimate of drug-likeness (QED) is 0.582. The van der Waals surface area contributed by atoms with Crippen molar-refractivity contribution >= 4 is 12.6 Å². The van der Waals surface area contributed by atoms with Crippen LogP contribution >= 0.6 is 12.6 Å². The second-order valence-electron chi connectivity index (χ2n) is 6.05. The van der Waals surface area contributed by atoms with Crippen LogP contribution in [-0.4, -0.2) is 17.0 Å². The van der Waals surface area contributed by atoms with Gasteiger partial charge in [-0.1, -0.05) is 57.5 Å². The molecule has 0 fully saturated rings. The van der Waals surface area contributed by atoms with Crippen LogP contribution in [0.15, 0.2) is 30.3 Å². The SMILES string of the molecule is CC(C)(C)C(O)C(CCCCS)c1ccccc1. The van der Waals surface area contributed by atoms with Gasteiger partial charge in [0, 0.05) is 5.92 Å². The minimum Gasteiger partial charge on any atom is -0.392 e. The molecule has 18 heavy (non-hydrogen) atoms. The predicted octanol–water partition coefficient (Wildman–Crippen LogP) is 4.28. The van der Waals surface area contributed by atoms with Crippen LogP contribution in [0.1, 0.15) is 51.5 Å². The number of benzene rings is 1. The molecule has 0 saturated heterocycles. The van der Waals surface area contributed by atoms with E-state index in [9.17, 15) is 5.11 Å². The molecule has 1 aromatic rings. The van der Waals surface area contributed by atoms with E-state index in [4.69, 9.17) is 0 Å². The zero-order valence-electron chi connectivity index (χ0n) is 11.8. The molecule has 2 heteroatoms. The Bertz CT molecular complexity index is 329. The van der Waals surface area contributed by atoms with Crippen LogP contribution in [0.2, 0.25) is 0 Å². The predicted molar refractivity (Wildman–Crippen MR) is 82.3 cm³/mol. The molecule has 0 aliphatic heterocycles. The Labute approximate surface area is 117 Å². The number of aliphatic hydroxyl groups is 1. The summed E-state index contributed by atoms with van der Waals surface area (Å²) in [7, 11) is 0. The van der Waals surface area contributed by atoms with Crippen molar-refractivity contribution in [3.8, 4) is 0 Å². The van der Waals surface area contributed by atoms with E-state index in [1.165, 1.54) is 5.56 Å². The Balaban J connectivity index is 2.82. The average molecular weight is 266 g/mol. The van der Waals surface area contributed by atoms with E-state index in [1.807, 2.05) is 6.07 Å². The number of hydrogen-bond donors (Lipinski definition) is 2. The monoisotopic (exact) mass is 266 g/mol. The van der Waals surface area contributed by atoms with Crippen molar-refractivity contribution in [2.24, 2.45) is 5.41 Å².